The van der Waals surface area contributed by atoms with Crippen LogP contribution in [0.4, 0.5) is 0 Å². The van der Waals surface area contributed by atoms with Crippen LogP contribution in [0.2, 0.25) is 18.1 Å². The normalized spacial score (nSPS) is 13.6. The van der Waals surface area contributed by atoms with E-state index in [1.54, 1.807) is 26.6 Å². The molecule has 0 bridgehead atoms. The Kier molecular flexibility index (Phi) is 5.66. The molecule has 0 aliphatic heterocycles. The summed E-state index contributed by atoms with van der Waals surface area (Å²) in [6, 6.07) is 5.91. The summed E-state index contributed by atoms with van der Waals surface area (Å²) < 4.78 is 35.4. The predicted molar refractivity (Wildman–Crippen MR) is 124 cm³/mol. The van der Waals surface area contributed by atoms with E-state index < -0.39 is 18.3 Å². The molecule has 0 fully saturated rings. The lowest BCUT2D eigenvalue weighted by molar-refractivity contribution is 0.511. The number of hydrogen-bond donors (Lipinski definition) is 0. The average Bonchev–Trinajstić information content (AvgIpc) is 3.20. The Morgan fingerprint density at radius 3 is 2.48 bits per heavy atom. The minimum Gasteiger partial charge on any atom is -0.464 e. The van der Waals surface area contributed by atoms with E-state index in [0.29, 0.717) is 17.6 Å². The Hall–Kier alpha value is -1.42. The molecule has 1 aromatic carbocycles. The number of hydrogen-bond acceptors (Lipinski definition) is 4. The van der Waals surface area contributed by atoms with Crippen LogP contribution in [-0.4, -0.2) is 43.8 Å². The van der Waals surface area contributed by atoms with E-state index in [1.807, 2.05) is 18.2 Å². The Balaban J connectivity index is 2.18. The van der Waals surface area contributed by atoms with Gasteiger partial charge in [0.1, 0.15) is 19.1 Å². The number of rotatable bonds is 5. The van der Waals surface area contributed by atoms with Gasteiger partial charge >= 0.3 is 10.2 Å². The van der Waals surface area contributed by atoms with Crippen molar-refractivity contribution < 1.29 is 12.8 Å². The number of aromatic nitrogens is 2. The molecule has 158 valence electrons. The number of furan rings is 1. The van der Waals surface area contributed by atoms with Gasteiger partial charge in [-0.15, -0.1) is 0 Å². The van der Waals surface area contributed by atoms with Gasteiger partial charge in [0, 0.05) is 42.1 Å². The topological polar surface area (TPSA) is 68.3 Å². The number of imidazole rings is 1. The van der Waals surface area contributed by atoms with E-state index in [-0.39, 0.29) is 5.04 Å². The zero-order chi connectivity index (χ0) is 21.8. The van der Waals surface area contributed by atoms with E-state index >= 15 is 0 Å². The molecule has 0 N–H and O–H groups in total. The highest BCUT2D eigenvalue weighted by molar-refractivity contribution is 9.10. The summed E-state index contributed by atoms with van der Waals surface area (Å²) in [4.78, 5) is 4.88. The van der Waals surface area contributed by atoms with Gasteiger partial charge in [0.25, 0.3) is 0 Å². The number of benzene rings is 1. The molecular formula is C20H28BrN3O3SSi. The average molecular weight is 499 g/mol. The SMILES string of the molecule is CN(C)S(=O)(=O)n1cc(Cc2cc(Br)cc3ccoc23)nc1[Si](C)(C)C(C)(C)C. The van der Waals surface area contributed by atoms with Crippen LogP contribution in [0.25, 0.3) is 11.0 Å². The van der Waals surface area contributed by atoms with Crippen molar-refractivity contribution in [2.75, 3.05) is 14.1 Å². The zero-order valence-electron chi connectivity index (χ0n) is 17.9. The van der Waals surface area contributed by atoms with Gasteiger partial charge in [0.2, 0.25) is 0 Å². The molecule has 29 heavy (non-hydrogen) atoms. The van der Waals surface area contributed by atoms with Crippen molar-refractivity contribution >= 4 is 50.6 Å². The minimum absolute atomic E-state index is 0.0563. The highest BCUT2D eigenvalue weighted by atomic mass is 79.9. The van der Waals surface area contributed by atoms with Crippen molar-refractivity contribution in [1.82, 2.24) is 13.3 Å². The molecule has 2 aromatic heterocycles. The molecule has 0 aliphatic rings. The van der Waals surface area contributed by atoms with Crippen molar-refractivity contribution in [3.8, 4) is 0 Å². The summed E-state index contributed by atoms with van der Waals surface area (Å²) in [7, 11) is -2.80. The first-order chi connectivity index (χ1) is 13.2. The first-order valence-electron chi connectivity index (χ1n) is 9.42. The van der Waals surface area contributed by atoms with Gasteiger partial charge in [-0.3, -0.25) is 0 Å². The molecule has 3 aromatic rings. The maximum atomic E-state index is 13.1. The lowest BCUT2D eigenvalue weighted by Crippen LogP contribution is -2.56. The fraction of sp³-hybridized carbons (Fsp3) is 0.450. The van der Waals surface area contributed by atoms with Gasteiger partial charge in [-0.1, -0.05) is 49.8 Å². The lowest BCUT2D eigenvalue weighted by Gasteiger charge is -2.36. The van der Waals surface area contributed by atoms with Gasteiger partial charge in [-0.05, 0) is 23.2 Å². The van der Waals surface area contributed by atoms with Crippen LogP contribution >= 0.6 is 15.9 Å². The van der Waals surface area contributed by atoms with Crippen molar-refractivity contribution in [3.05, 3.63) is 46.4 Å². The van der Waals surface area contributed by atoms with Crippen LogP contribution < -0.4 is 5.45 Å². The maximum absolute atomic E-state index is 13.1. The Morgan fingerprint density at radius 2 is 1.90 bits per heavy atom. The van der Waals surface area contributed by atoms with Crippen LogP contribution in [0.1, 0.15) is 32.0 Å². The first kappa shape index (κ1) is 22.3. The van der Waals surface area contributed by atoms with Crippen LogP contribution in [0.5, 0.6) is 0 Å². The molecule has 3 rings (SSSR count). The summed E-state index contributed by atoms with van der Waals surface area (Å²) in [5.74, 6) is 0. The second kappa shape index (κ2) is 7.37. The van der Waals surface area contributed by atoms with Crippen molar-refractivity contribution in [1.29, 1.82) is 0 Å². The molecule has 9 heteroatoms. The van der Waals surface area contributed by atoms with Gasteiger partial charge in [0.05, 0.1) is 12.0 Å². The molecule has 0 spiro atoms. The van der Waals surface area contributed by atoms with Crippen molar-refractivity contribution in [2.45, 2.75) is 45.3 Å². The van der Waals surface area contributed by atoms with Crippen molar-refractivity contribution in [2.24, 2.45) is 0 Å². The number of nitrogens with zero attached hydrogens (tertiary/aromatic N) is 3. The standard InChI is InChI=1S/C20H28BrN3O3SSi/c1-20(2,3)29(6,7)19-22-17(13-24(19)28(25,26)23(4)5)12-15-11-16(21)10-14-8-9-27-18(14)15/h8-11,13H,12H2,1-7H3. The summed E-state index contributed by atoms with van der Waals surface area (Å²) in [5, 5.41) is 0.943. The van der Waals surface area contributed by atoms with Gasteiger partial charge in [-0.25, -0.2) is 8.96 Å². The lowest BCUT2D eigenvalue weighted by atomic mass is 10.1. The molecule has 2 heterocycles. The van der Waals surface area contributed by atoms with E-state index in [4.69, 9.17) is 9.40 Å². The second-order valence-electron chi connectivity index (χ2n) is 9.10. The van der Waals surface area contributed by atoms with E-state index in [1.165, 1.54) is 8.28 Å². The van der Waals surface area contributed by atoms with E-state index in [0.717, 1.165) is 21.0 Å². The monoisotopic (exact) mass is 497 g/mol. The quantitative estimate of drug-likeness (QED) is 0.491. The molecule has 0 saturated carbocycles. The van der Waals surface area contributed by atoms with Crippen molar-refractivity contribution in [3.63, 3.8) is 0 Å². The second-order valence-corrected chi connectivity index (χ2v) is 17.2. The van der Waals surface area contributed by atoms with E-state index in [2.05, 4.69) is 49.8 Å². The summed E-state index contributed by atoms with van der Waals surface area (Å²) in [6.07, 6.45) is 3.82. The maximum Gasteiger partial charge on any atom is 0.308 e. The Bertz CT molecular complexity index is 1160. The summed E-state index contributed by atoms with van der Waals surface area (Å²) >= 11 is 3.55. The van der Waals surface area contributed by atoms with Crippen LogP contribution in [0.3, 0.4) is 0 Å². The zero-order valence-corrected chi connectivity index (χ0v) is 21.3. The molecule has 0 radical (unpaired) electrons. The van der Waals surface area contributed by atoms with E-state index in [9.17, 15) is 8.42 Å². The minimum atomic E-state index is -3.67. The largest absolute Gasteiger partial charge is 0.464 e. The Labute approximate surface area is 182 Å². The molecule has 0 saturated heterocycles. The highest BCUT2D eigenvalue weighted by Gasteiger charge is 2.43. The van der Waals surface area contributed by atoms with Crippen LogP contribution in [-0.2, 0) is 16.6 Å². The third-order valence-corrected chi connectivity index (χ3v) is 13.4. The molecule has 6 nitrogen and oxygen atoms in total. The van der Waals surface area contributed by atoms with Crippen LogP contribution in [0.15, 0.2) is 39.5 Å². The summed E-state index contributed by atoms with van der Waals surface area (Å²) in [6.45, 7) is 10.8. The third-order valence-electron chi connectivity index (χ3n) is 5.83. The van der Waals surface area contributed by atoms with Gasteiger partial charge in [-0.2, -0.15) is 12.7 Å². The number of fused-ring (bicyclic) bond motifs is 1. The number of halogens is 1. The summed E-state index contributed by atoms with van der Waals surface area (Å²) in [5.41, 5.74) is 3.14. The predicted octanol–water partition coefficient (Wildman–Crippen LogP) is 4.35. The molecule has 0 aliphatic carbocycles. The highest BCUT2D eigenvalue weighted by Crippen LogP contribution is 2.36. The first-order valence-corrected chi connectivity index (χ1v) is 14.6. The fourth-order valence-corrected chi connectivity index (χ4v) is 7.17. The Morgan fingerprint density at radius 1 is 1.24 bits per heavy atom. The fourth-order valence-electron chi connectivity index (χ4n) is 3.04. The van der Waals surface area contributed by atoms with Gasteiger partial charge in [0.15, 0.2) is 0 Å². The smallest absolute Gasteiger partial charge is 0.308 e. The molecular weight excluding hydrogens is 470 g/mol. The van der Waals surface area contributed by atoms with Crippen LogP contribution in [0, 0.1) is 0 Å². The molecule has 0 unspecified atom stereocenters. The van der Waals surface area contributed by atoms with Gasteiger partial charge < -0.3 is 4.42 Å². The molecule has 0 amide bonds. The molecule has 0 atom stereocenters. The third kappa shape index (κ3) is 3.97.